The summed E-state index contributed by atoms with van der Waals surface area (Å²) in [6.45, 7) is 1.45. The molecule has 2 amide bonds. The molecule has 0 bridgehead atoms. The average molecular weight is 374 g/mol. The highest BCUT2D eigenvalue weighted by Gasteiger charge is 2.20. The lowest BCUT2D eigenvalue weighted by atomic mass is 9.94. The first-order valence-corrected chi connectivity index (χ1v) is 8.47. The van der Waals surface area contributed by atoms with Gasteiger partial charge in [-0.15, -0.1) is 12.4 Å². The molecule has 2 aromatic rings. The summed E-state index contributed by atoms with van der Waals surface area (Å²) < 4.78 is 0. The lowest BCUT2D eigenvalue weighted by Crippen LogP contribution is -2.38. The molecule has 1 unspecified atom stereocenters. The number of benzene rings is 2. The molecule has 0 spiro atoms. The van der Waals surface area contributed by atoms with Crippen LogP contribution in [0.5, 0.6) is 0 Å². The SMILES string of the molecule is CN(C)C(=O)c1ccc(C(=O)NCC2NCCc3ccccc32)cc1.Cl. The van der Waals surface area contributed by atoms with Crippen molar-refractivity contribution >= 4 is 24.2 Å². The van der Waals surface area contributed by atoms with E-state index >= 15 is 0 Å². The van der Waals surface area contributed by atoms with Crippen LogP contribution in [0, 0.1) is 0 Å². The molecule has 0 aromatic heterocycles. The van der Waals surface area contributed by atoms with E-state index in [0.29, 0.717) is 17.7 Å². The zero-order valence-corrected chi connectivity index (χ0v) is 15.8. The van der Waals surface area contributed by atoms with E-state index in [-0.39, 0.29) is 30.3 Å². The number of carbonyl (C=O) groups excluding carboxylic acids is 2. The Morgan fingerprint density at radius 1 is 1.08 bits per heavy atom. The molecule has 1 heterocycles. The van der Waals surface area contributed by atoms with Gasteiger partial charge in [0, 0.05) is 37.8 Å². The first-order chi connectivity index (χ1) is 12.1. The van der Waals surface area contributed by atoms with Gasteiger partial charge < -0.3 is 15.5 Å². The minimum Gasteiger partial charge on any atom is -0.350 e. The molecule has 138 valence electrons. The molecular formula is C20H24ClN3O2. The van der Waals surface area contributed by atoms with Crippen LogP contribution in [-0.2, 0) is 6.42 Å². The Morgan fingerprint density at radius 3 is 2.42 bits per heavy atom. The highest BCUT2D eigenvalue weighted by Crippen LogP contribution is 2.21. The number of carbonyl (C=O) groups is 2. The van der Waals surface area contributed by atoms with Gasteiger partial charge in [-0.05, 0) is 48.4 Å². The topological polar surface area (TPSA) is 61.4 Å². The summed E-state index contributed by atoms with van der Waals surface area (Å²) in [5.41, 5.74) is 3.72. The Kier molecular flexibility index (Phi) is 6.77. The lowest BCUT2D eigenvalue weighted by Gasteiger charge is -2.27. The molecule has 3 rings (SSSR count). The Bertz CT molecular complexity index is 775. The van der Waals surface area contributed by atoms with Crippen LogP contribution in [0.4, 0.5) is 0 Å². The number of fused-ring (bicyclic) bond motifs is 1. The fraction of sp³-hybridized carbons (Fsp3) is 0.300. The van der Waals surface area contributed by atoms with Gasteiger partial charge in [0.15, 0.2) is 0 Å². The summed E-state index contributed by atoms with van der Waals surface area (Å²) in [6.07, 6.45) is 1.02. The van der Waals surface area contributed by atoms with Crippen molar-refractivity contribution < 1.29 is 9.59 Å². The second-order valence-corrected chi connectivity index (χ2v) is 6.44. The number of nitrogens with one attached hydrogen (secondary N) is 2. The number of amides is 2. The summed E-state index contributed by atoms with van der Waals surface area (Å²) in [5.74, 6) is -0.205. The van der Waals surface area contributed by atoms with Crippen LogP contribution in [0.2, 0.25) is 0 Å². The van der Waals surface area contributed by atoms with E-state index < -0.39 is 0 Å². The predicted molar refractivity (Wildman–Crippen MR) is 105 cm³/mol. The zero-order chi connectivity index (χ0) is 17.8. The number of hydrogen-bond donors (Lipinski definition) is 2. The van der Waals surface area contributed by atoms with E-state index in [4.69, 9.17) is 0 Å². The van der Waals surface area contributed by atoms with Crippen LogP contribution in [0.1, 0.15) is 37.9 Å². The highest BCUT2D eigenvalue weighted by atomic mass is 35.5. The molecule has 0 radical (unpaired) electrons. The quantitative estimate of drug-likeness (QED) is 0.865. The van der Waals surface area contributed by atoms with E-state index in [1.165, 1.54) is 16.0 Å². The maximum Gasteiger partial charge on any atom is 0.253 e. The normalized spacial score (nSPS) is 15.4. The Labute approximate surface area is 160 Å². The smallest absolute Gasteiger partial charge is 0.253 e. The molecule has 0 saturated carbocycles. The summed E-state index contributed by atoms with van der Waals surface area (Å²) in [5, 5.41) is 6.44. The molecule has 1 aliphatic heterocycles. The Balaban J connectivity index is 0.00000243. The lowest BCUT2D eigenvalue weighted by molar-refractivity contribution is 0.0826. The van der Waals surface area contributed by atoms with Crippen molar-refractivity contribution in [1.82, 2.24) is 15.5 Å². The standard InChI is InChI=1S/C20H23N3O2.ClH/c1-23(2)20(25)16-9-7-15(8-10-16)19(24)22-13-18-17-6-4-3-5-14(17)11-12-21-18;/h3-10,18,21H,11-13H2,1-2H3,(H,22,24);1H. The maximum absolute atomic E-state index is 12.4. The second kappa shape index (κ2) is 8.83. The number of hydrogen-bond acceptors (Lipinski definition) is 3. The number of rotatable bonds is 4. The molecule has 0 saturated heterocycles. The molecule has 2 aromatic carbocycles. The fourth-order valence-electron chi connectivity index (χ4n) is 3.09. The van der Waals surface area contributed by atoms with Gasteiger partial charge in [-0.1, -0.05) is 24.3 Å². The number of nitrogens with zero attached hydrogens (tertiary/aromatic N) is 1. The molecular weight excluding hydrogens is 350 g/mol. The van der Waals surface area contributed by atoms with Crippen molar-refractivity contribution in [1.29, 1.82) is 0 Å². The first kappa shape index (κ1) is 19.9. The maximum atomic E-state index is 12.4. The summed E-state index contributed by atoms with van der Waals surface area (Å²) in [7, 11) is 3.41. The van der Waals surface area contributed by atoms with Gasteiger partial charge in [0.25, 0.3) is 11.8 Å². The second-order valence-electron chi connectivity index (χ2n) is 6.44. The minimum atomic E-state index is -0.131. The van der Waals surface area contributed by atoms with Crippen molar-refractivity contribution in [2.45, 2.75) is 12.5 Å². The molecule has 26 heavy (non-hydrogen) atoms. The van der Waals surface area contributed by atoms with Gasteiger partial charge in [-0.2, -0.15) is 0 Å². The fourth-order valence-corrected chi connectivity index (χ4v) is 3.09. The molecule has 0 fully saturated rings. The largest absolute Gasteiger partial charge is 0.350 e. The van der Waals surface area contributed by atoms with Crippen LogP contribution in [0.25, 0.3) is 0 Å². The molecule has 0 aliphatic carbocycles. The summed E-state index contributed by atoms with van der Waals surface area (Å²) >= 11 is 0. The van der Waals surface area contributed by atoms with Crippen LogP contribution < -0.4 is 10.6 Å². The van der Waals surface area contributed by atoms with Crippen LogP contribution in [0.3, 0.4) is 0 Å². The molecule has 6 heteroatoms. The van der Waals surface area contributed by atoms with Crippen LogP contribution in [-0.4, -0.2) is 43.9 Å². The van der Waals surface area contributed by atoms with Crippen LogP contribution in [0.15, 0.2) is 48.5 Å². The van der Waals surface area contributed by atoms with Crippen molar-refractivity contribution in [3.8, 4) is 0 Å². The molecule has 5 nitrogen and oxygen atoms in total. The average Bonchev–Trinajstić information content (AvgIpc) is 2.65. The zero-order valence-electron chi connectivity index (χ0n) is 15.0. The molecule has 1 aliphatic rings. The van der Waals surface area contributed by atoms with Gasteiger partial charge in [0.1, 0.15) is 0 Å². The van der Waals surface area contributed by atoms with Gasteiger partial charge in [-0.3, -0.25) is 9.59 Å². The van der Waals surface area contributed by atoms with Crippen molar-refractivity contribution in [2.24, 2.45) is 0 Å². The van der Waals surface area contributed by atoms with E-state index in [9.17, 15) is 9.59 Å². The third kappa shape index (κ3) is 4.42. The highest BCUT2D eigenvalue weighted by molar-refractivity contribution is 5.97. The molecule has 2 N–H and O–H groups in total. The van der Waals surface area contributed by atoms with E-state index in [1.54, 1.807) is 38.4 Å². The van der Waals surface area contributed by atoms with E-state index in [1.807, 2.05) is 6.07 Å². The van der Waals surface area contributed by atoms with E-state index in [2.05, 4.69) is 28.8 Å². The third-order valence-corrected chi connectivity index (χ3v) is 4.48. The first-order valence-electron chi connectivity index (χ1n) is 8.47. The van der Waals surface area contributed by atoms with Gasteiger partial charge in [-0.25, -0.2) is 0 Å². The van der Waals surface area contributed by atoms with Crippen molar-refractivity contribution in [3.05, 3.63) is 70.8 Å². The number of halogens is 1. The third-order valence-electron chi connectivity index (χ3n) is 4.48. The minimum absolute atomic E-state index is 0. The van der Waals surface area contributed by atoms with Crippen molar-refractivity contribution in [3.63, 3.8) is 0 Å². The summed E-state index contributed by atoms with van der Waals surface area (Å²) in [6, 6.07) is 15.2. The van der Waals surface area contributed by atoms with Gasteiger partial charge in [0.2, 0.25) is 0 Å². The van der Waals surface area contributed by atoms with Crippen LogP contribution >= 0.6 is 12.4 Å². The van der Waals surface area contributed by atoms with Gasteiger partial charge >= 0.3 is 0 Å². The monoisotopic (exact) mass is 373 g/mol. The van der Waals surface area contributed by atoms with Gasteiger partial charge in [0.05, 0.1) is 0 Å². The predicted octanol–water partition coefficient (Wildman–Crippen LogP) is 2.43. The Hall–Kier alpha value is -2.37. The van der Waals surface area contributed by atoms with E-state index in [0.717, 1.165) is 13.0 Å². The molecule has 1 atom stereocenters. The Morgan fingerprint density at radius 2 is 1.73 bits per heavy atom. The van der Waals surface area contributed by atoms with Crippen molar-refractivity contribution in [2.75, 3.05) is 27.2 Å². The summed E-state index contributed by atoms with van der Waals surface area (Å²) in [4.78, 5) is 25.8.